The number of hydrogen-bond acceptors (Lipinski definition) is 4. The van der Waals surface area contributed by atoms with Crippen molar-refractivity contribution in [3.8, 4) is 5.75 Å². The number of ether oxygens (including phenoxy) is 1. The van der Waals surface area contributed by atoms with Gasteiger partial charge in [0.25, 0.3) is 10.0 Å². The Hall–Kier alpha value is -3.32. The van der Waals surface area contributed by atoms with E-state index in [1.54, 1.807) is 48.5 Å². The minimum absolute atomic E-state index is 0.0182. The first kappa shape index (κ1) is 25.3. The van der Waals surface area contributed by atoms with Gasteiger partial charge in [0, 0.05) is 0 Å². The summed E-state index contributed by atoms with van der Waals surface area (Å²) in [7, 11) is -2.66. The third-order valence-electron chi connectivity index (χ3n) is 5.94. The smallest absolute Gasteiger partial charge is 0.268 e. The molecule has 7 heteroatoms. The van der Waals surface area contributed by atoms with E-state index in [0.717, 1.165) is 26.6 Å². The molecule has 0 fully saturated rings. The number of nitrogens with zero attached hydrogens (tertiary/aromatic N) is 1. The van der Waals surface area contributed by atoms with Crippen LogP contribution in [0.1, 0.15) is 40.8 Å². The van der Waals surface area contributed by atoms with Crippen LogP contribution in [-0.2, 0) is 14.8 Å². The number of amides is 1. The molecule has 3 rings (SSSR count). The molecular weight excluding hydrogens is 448 g/mol. The highest BCUT2D eigenvalue weighted by atomic mass is 32.2. The number of hydrogen-bond donors (Lipinski definition) is 1. The second-order valence-corrected chi connectivity index (χ2v) is 10.4. The molecule has 0 aliphatic carbocycles. The van der Waals surface area contributed by atoms with Crippen molar-refractivity contribution >= 4 is 21.6 Å². The summed E-state index contributed by atoms with van der Waals surface area (Å²) in [6.07, 6.45) is 0. The SMILES string of the molecule is COc1ccc(C)cc1S(=O)(=O)N(CC(=O)N[C@H](C)c1cc(C)c(C)cc1C)c1ccccc1. The third-order valence-corrected chi connectivity index (χ3v) is 7.74. The van der Waals surface area contributed by atoms with Crippen LogP contribution in [0, 0.1) is 27.7 Å². The van der Waals surface area contributed by atoms with Crippen LogP contribution < -0.4 is 14.4 Å². The van der Waals surface area contributed by atoms with E-state index in [1.807, 2.05) is 27.7 Å². The molecular formula is C27H32N2O4S. The molecule has 0 saturated heterocycles. The number of benzene rings is 3. The zero-order valence-electron chi connectivity index (χ0n) is 20.5. The van der Waals surface area contributed by atoms with Crippen molar-refractivity contribution in [3.05, 3.63) is 88.5 Å². The predicted molar refractivity (Wildman–Crippen MR) is 136 cm³/mol. The lowest BCUT2D eigenvalue weighted by atomic mass is 9.96. The molecule has 0 aliphatic rings. The number of para-hydroxylation sites is 1. The normalized spacial score (nSPS) is 12.2. The van der Waals surface area contributed by atoms with Gasteiger partial charge in [0.2, 0.25) is 5.91 Å². The van der Waals surface area contributed by atoms with Crippen LogP contribution in [0.3, 0.4) is 0 Å². The van der Waals surface area contributed by atoms with Gasteiger partial charge in [-0.25, -0.2) is 8.42 Å². The molecule has 1 N–H and O–H groups in total. The first-order valence-electron chi connectivity index (χ1n) is 11.1. The number of nitrogens with one attached hydrogen (secondary N) is 1. The van der Waals surface area contributed by atoms with Crippen molar-refractivity contribution in [2.75, 3.05) is 18.0 Å². The maximum absolute atomic E-state index is 13.8. The largest absolute Gasteiger partial charge is 0.495 e. The molecule has 180 valence electrons. The van der Waals surface area contributed by atoms with Gasteiger partial charge in [-0.1, -0.05) is 36.4 Å². The van der Waals surface area contributed by atoms with Crippen LogP contribution in [-0.4, -0.2) is 28.0 Å². The number of anilines is 1. The average Bonchev–Trinajstić information content (AvgIpc) is 2.80. The summed E-state index contributed by atoms with van der Waals surface area (Å²) in [5.74, 6) is -0.171. The standard InChI is InChI=1S/C27H32N2O4S/c1-18-12-13-25(33-6)26(14-18)34(31,32)29(23-10-8-7-9-11-23)17-27(30)28-22(5)24-16-20(3)19(2)15-21(24)4/h7-16,22H,17H2,1-6H3,(H,28,30)/t22-/m1/s1. The molecule has 0 bridgehead atoms. The molecule has 6 nitrogen and oxygen atoms in total. The molecule has 0 spiro atoms. The number of carbonyl (C=O) groups is 1. The minimum Gasteiger partial charge on any atom is -0.495 e. The second-order valence-electron chi connectivity index (χ2n) is 8.58. The first-order valence-corrected chi connectivity index (χ1v) is 12.6. The van der Waals surface area contributed by atoms with Gasteiger partial charge in [0.15, 0.2) is 0 Å². The Kier molecular flexibility index (Phi) is 7.67. The summed E-state index contributed by atoms with van der Waals surface area (Å²) in [5, 5.41) is 2.97. The molecule has 1 atom stereocenters. The quantitative estimate of drug-likeness (QED) is 0.492. The highest BCUT2D eigenvalue weighted by Crippen LogP contribution is 2.31. The molecule has 3 aromatic rings. The van der Waals surface area contributed by atoms with Crippen molar-refractivity contribution in [2.24, 2.45) is 0 Å². The Morgan fingerprint density at radius 2 is 1.59 bits per heavy atom. The molecule has 34 heavy (non-hydrogen) atoms. The van der Waals surface area contributed by atoms with E-state index in [2.05, 4.69) is 24.4 Å². The molecule has 0 unspecified atom stereocenters. The van der Waals surface area contributed by atoms with E-state index in [1.165, 1.54) is 12.7 Å². The summed E-state index contributed by atoms with van der Waals surface area (Å²) in [5.41, 5.74) is 5.58. The molecule has 0 heterocycles. The zero-order valence-corrected chi connectivity index (χ0v) is 21.4. The molecule has 0 aliphatic heterocycles. The van der Waals surface area contributed by atoms with E-state index in [4.69, 9.17) is 4.74 Å². The van der Waals surface area contributed by atoms with Crippen LogP contribution >= 0.6 is 0 Å². The van der Waals surface area contributed by atoms with Gasteiger partial charge in [-0.15, -0.1) is 0 Å². The predicted octanol–water partition coefficient (Wildman–Crippen LogP) is 5.00. The first-order chi connectivity index (χ1) is 16.0. The van der Waals surface area contributed by atoms with Crippen LogP contribution in [0.25, 0.3) is 0 Å². The third kappa shape index (κ3) is 5.42. The van der Waals surface area contributed by atoms with E-state index in [9.17, 15) is 13.2 Å². The number of sulfonamides is 1. The van der Waals surface area contributed by atoms with Crippen molar-refractivity contribution in [3.63, 3.8) is 0 Å². The van der Waals surface area contributed by atoms with Gasteiger partial charge in [0.05, 0.1) is 18.8 Å². The monoisotopic (exact) mass is 480 g/mol. The van der Waals surface area contributed by atoms with Gasteiger partial charge < -0.3 is 10.1 Å². The van der Waals surface area contributed by atoms with Crippen LogP contribution in [0.15, 0.2) is 65.6 Å². The Labute approximate surface area is 202 Å². The Bertz CT molecular complexity index is 1290. The van der Waals surface area contributed by atoms with Crippen LogP contribution in [0.4, 0.5) is 5.69 Å². The van der Waals surface area contributed by atoms with Crippen molar-refractivity contribution in [1.29, 1.82) is 0 Å². The number of methoxy groups -OCH3 is 1. The molecule has 0 saturated carbocycles. The van der Waals surface area contributed by atoms with E-state index in [0.29, 0.717) is 5.69 Å². The number of rotatable bonds is 8. The van der Waals surface area contributed by atoms with Gasteiger partial charge >= 0.3 is 0 Å². The molecule has 3 aromatic carbocycles. The van der Waals surface area contributed by atoms with Crippen molar-refractivity contribution in [2.45, 2.75) is 45.6 Å². The fourth-order valence-electron chi connectivity index (χ4n) is 3.96. The minimum atomic E-state index is -4.09. The molecule has 0 aromatic heterocycles. The summed E-state index contributed by atoms with van der Waals surface area (Å²) in [6.45, 7) is 9.45. The average molecular weight is 481 g/mol. The Morgan fingerprint density at radius 3 is 2.24 bits per heavy atom. The maximum Gasteiger partial charge on any atom is 0.268 e. The lowest BCUT2D eigenvalue weighted by Gasteiger charge is -2.26. The molecule has 0 radical (unpaired) electrons. The van der Waals surface area contributed by atoms with Crippen molar-refractivity contribution < 1.29 is 17.9 Å². The Morgan fingerprint density at radius 1 is 0.941 bits per heavy atom. The fourth-order valence-corrected chi connectivity index (χ4v) is 5.62. The number of carbonyl (C=O) groups excluding carboxylic acids is 1. The lowest BCUT2D eigenvalue weighted by Crippen LogP contribution is -2.41. The highest BCUT2D eigenvalue weighted by Gasteiger charge is 2.30. The maximum atomic E-state index is 13.8. The van der Waals surface area contributed by atoms with Gasteiger partial charge in [-0.3, -0.25) is 9.10 Å². The summed E-state index contributed by atoms with van der Waals surface area (Å²) in [4.78, 5) is 13.1. The highest BCUT2D eigenvalue weighted by molar-refractivity contribution is 7.93. The number of aryl methyl sites for hydroxylation is 4. The summed E-state index contributed by atoms with van der Waals surface area (Å²) in [6, 6.07) is 17.5. The summed E-state index contributed by atoms with van der Waals surface area (Å²) >= 11 is 0. The van der Waals surface area contributed by atoms with Gasteiger partial charge in [0.1, 0.15) is 17.2 Å². The van der Waals surface area contributed by atoms with Gasteiger partial charge in [-0.2, -0.15) is 0 Å². The fraction of sp³-hybridized carbons (Fsp3) is 0.296. The van der Waals surface area contributed by atoms with E-state index in [-0.39, 0.29) is 23.2 Å². The van der Waals surface area contributed by atoms with E-state index >= 15 is 0 Å². The Balaban J connectivity index is 1.95. The summed E-state index contributed by atoms with van der Waals surface area (Å²) < 4.78 is 34.0. The van der Waals surface area contributed by atoms with Crippen LogP contribution in [0.2, 0.25) is 0 Å². The van der Waals surface area contributed by atoms with Gasteiger partial charge in [-0.05, 0) is 86.7 Å². The lowest BCUT2D eigenvalue weighted by molar-refractivity contribution is -0.120. The second kappa shape index (κ2) is 10.3. The molecule has 1 amide bonds. The van der Waals surface area contributed by atoms with E-state index < -0.39 is 15.9 Å². The van der Waals surface area contributed by atoms with Crippen LogP contribution in [0.5, 0.6) is 5.75 Å². The topological polar surface area (TPSA) is 75.7 Å². The zero-order chi connectivity index (χ0) is 25.0. The van der Waals surface area contributed by atoms with Crippen molar-refractivity contribution in [1.82, 2.24) is 5.32 Å².